The van der Waals surface area contributed by atoms with Gasteiger partial charge in [0.05, 0.1) is 5.41 Å². The van der Waals surface area contributed by atoms with E-state index in [1.54, 1.807) is 0 Å². The Morgan fingerprint density at radius 2 is 1.55 bits per heavy atom. The van der Waals surface area contributed by atoms with Gasteiger partial charge in [0, 0.05) is 12.8 Å². The van der Waals surface area contributed by atoms with Crippen molar-refractivity contribution in [2.75, 3.05) is 0 Å². The van der Waals surface area contributed by atoms with E-state index in [2.05, 4.69) is 0 Å². The zero-order valence-corrected chi connectivity index (χ0v) is 11.5. The Morgan fingerprint density at radius 1 is 1.14 bits per heavy atom. The number of aliphatic carboxylic acids is 1. The standard InChI is InChI=1S/C10H11F5O6S/c11-9(12,13)6(10(14,15)22(19,20)21)8(7(17)18)3-1-5(16)2-4-8/h6H,1-4H2,(H,17,18)(H,19,20,21). The first-order valence-corrected chi connectivity index (χ1v) is 7.27. The molecule has 1 saturated carbocycles. The van der Waals surface area contributed by atoms with E-state index >= 15 is 0 Å². The fraction of sp³-hybridized carbons (Fsp3) is 0.800. The molecule has 1 unspecified atom stereocenters. The smallest absolute Gasteiger partial charge is 0.399 e. The zero-order valence-electron chi connectivity index (χ0n) is 10.7. The fourth-order valence-electron chi connectivity index (χ4n) is 2.58. The molecule has 0 heterocycles. The molecule has 0 saturated heterocycles. The maximum Gasteiger partial charge on any atom is 0.399 e. The molecule has 0 spiro atoms. The summed E-state index contributed by atoms with van der Waals surface area (Å²) in [7, 11) is -6.52. The number of ketones is 1. The van der Waals surface area contributed by atoms with Gasteiger partial charge in [0.15, 0.2) is 5.92 Å². The van der Waals surface area contributed by atoms with Crippen LogP contribution in [0.3, 0.4) is 0 Å². The predicted molar refractivity (Wildman–Crippen MR) is 59.6 cm³/mol. The molecule has 22 heavy (non-hydrogen) atoms. The van der Waals surface area contributed by atoms with Crippen LogP contribution < -0.4 is 0 Å². The average molecular weight is 354 g/mol. The molecule has 0 aromatic rings. The van der Waals surface area contributed by atoms with Gasteiger partial charge in [0.2, 0.25) is 0 Å². The van der Waals surface area contributed by atoms with Crippen LogP contribution >= 0.6 is 0 Å². The van der Waals surface area contributed by atoms with Gasteiger partial charge in [-0.2, -0.15) is 30.4 Å². The molecule has 0 amide bonds. The Hall–Kier alpha value is -1.30. The second-order valence-corrected chi connectivity index (χ2v) is 6.51. The van der Waals surface area contributed by atoms with Gasteiger partial charge in [-0.05, 0) is 12.8 Å². The lowest BCUT2D eigenvalue weighted by Gasteiger charge is -2.42. The summed E-state index contributed by atoms with van der Waals surface area (Å²) in [5.74, 6) is -7.09. The number of carbonyl (C=O) groups is 2. The highest BCUT2D eigenvalue weighted by Gasteiger charge is 2.73. The van der Waals surface area contributed by atoms with Crippen LogP contribution in [0.5, 0.6) is 0 Å². The molecule has 1 aliphatic carbocycles. The van der Waals surface area contributed by atoms with E-state index in [0.717, 1.165) is 0 Å². The predicted octanol–water partition coefficient (Wildman–Crippen LogP) is 1.86. The maximum absolute atomic E-state index is 13.7. The number of carbonyl (C=O) groups excluding carboxylic acids is 1. The number of alkyl halides is 5. The lowest BCUT2D eigenvalue weighted by molar-refractivity contribution is -0.260. The third-order valence-corrected chi connectivity index (χ3v) is 4.61. The van der Waals surface area contributed by atoms with Gasteiger partial charge in [-0.1, -0.05) is 0 Å². The minimum absolute atomic E-state index is 0.618. The van der Waals surface area contributed by atoms with E-state index in [1.165, 1.54) is 0 Å². The molecular weight excluding hydrogens is 343 g/mol. The minimum atomic E-state index is -6.52. The van der Waals surface area contributed by atoms with Crippen molar-refractivity contribution in [2.24, 2.45) is 11.3 Å². The van der Waals surface area contributed by atoms with Gasteiger partial charge in [-0.3, -0.25) is 14.1 Å². The average Bonchev–Trinajstić information content (AvgIpc) is 2.28. The highest BCUT2D eigenvalue weighted by molar-refractivity contribution is 7.86. The molecule has 1 aliphatic rings. The Morgan fingerprint density at radius 3 is 1.82 bits per heavy atom. The quantitative estimate of drug-likeness (QED) is 0.589. The van der Waals surface area contributed by atoms with Crippen molar-refractivity contribution >= 4 is 21.9 Å². The Balaban J connectivity index is 3.56. The minimum Gasteiger partial charge on any atom is -0.481 e. The third-order valence-electron chi connectivity index (χ3n) is 3.69. The second-order valence-electron chi connectivity index (χ2n) is 5.01. The van der Waals surface area contributed by atoms with E-state index in [9.17, 15) is 40.0 Å². The number of hydrogen-bond donors (Lipinski definition) is 2. The van der Waals surface area contributed by atoms with E-state index in [4.69, 9.17) is 9.66 Å². The fourth-order valence-corrected chi connectivity index (χ4v) is 3.23. The third kappa shape index (κ3) is 3.07. The molecule has 0 radical (unpaired) electrons. The number of Topliss-reactive ketones (excluding diaryl/α,β-unsaturated/α-hetero) is 1. The van der Waals surface area contributed by atoms with Crippen LogP contribution in [0.25, 0.3) is 0 Å². The summed E-state index contributed by atoms with van der Waals surface area (Å²) in [5.41, 5.74) is -3.22. The monoisotopic (exact) mass is 354 g/mol. The van der Waals surface area contributed by atoms with E-state index in [-0.39, 0.29) is 0 Å². The number of rotatable bonds is 4. The number of carboxylic acids is 1. The highest BCUT2D eigenvalue weighted by atomic mass is 32.2. The molecule has 6 nitrogen and oxygen atoms in total. The Bertz CT molecular complexity index is 571. The first-order valence-electron chi connectivity index (χ1n) is 5.83. The molecule has 0 aromatic heterocycles. The topological polar surface area (TPSA) is 109 Å². The Labute approximate surface area is 121 Å². The van der Waals surface area contributed by atoms with Crippen molar-refractivity contribution in [2.45, 2.75) is 37.1 Å². The number of halogens is 5. The van der Waals surface area contributed by atoms with Crippen molar-refractivity contribution in [3.8, 4) is 0 Å². The van der Waals surface area contributed by atoms with E-state index in [1.807, 2.05) is 0 Å². The van der Waals surface area contributed by atoms with Crippen LogP contribution in [0.15, 0.2) is 0 Å². The maximum atomic E-state index is 13.7. The molecule has 12 heteroatoms. The molecule has 0 aliphatic heterocycles. The lowest BCUT2D eigenvalue weighted by atomic mass is 9.65. The van der Waals surface area contributed by atoms with Crippen molar-refractivity contribution in [3.63, 3.8) is 0 Å². The molecule has 1 rings (SSSR count). The zero-order chi connectivity index (χ0) is 17.6. The summed E-state index contributed by atoms with van der Waals surface area (Å²) in [4.78, 5) is 22.3. The van der Waals surface area contributed by atoms with Crippen molar-refractivity contribution in [3.05, 3.63) is 0 Å². The highest BCUT2D eigenvalue weighted by Crippen LogP contribution is 2.56. The van der Waals surface area contributed by atoms with Gasteiger partial charge >= 0.3 is 27.5 Å². The number of carboxylic acid groups (broad SMARTS) is 1. The molecule has 0 aromatic carbocycles. The largest absolute Gasteiger partial charge is 0.481 e. The normalized spacial score (nSPS) is 21.5. The van der Waals surface area contributed by atoms with Gasteiger partial charge < -0.3 is 5.11 Å². The number of hydrogen-bond acceptors (Lipinski definition) is 4. The summed E-state index contributed by atoms with van der Waals surface area (Å²) in [5, 5.41) is 3.26. The van der Waals surface area contributed by atoms with Gasteiger partial charge in [-0.15, -0.1) is 0 Å². The second kappa shape index (κ2) is 5.41. The first kappa shape index (κ1) is 18.7. The first-order chi connectivity index (χ1) is 9.66. The van der Waals surface area contributed by atoms with Gasteiger partial charge in [0.25, 0.3) is 0 Å². The van der Waals surface area contributed by atoms with Crippen LogP contribution in [0.1, 0.15) is 25.7 Å². The lowest BCUT2D eigenvalue weighted by Crippen LogP contribution is -2.58. The summed E-state index contributed by atoms with van der Waals surface area (Å²) in [6.07, 6.45) is -9.55. The van der Waals surface area contributed by atoms with Gasteiger partial charge in [-0.25, -0.2) is 0 Å². The van der Waals surface area contributed by atoms with Crippen LogP contribution in [0, 0.1) is 11.3 Å². The van der Waals surface area contributed by atoms with Crippen LogP contribution in [0.4, 0.5) is 22.0 Å². The van der Waals surface area contributed by atoms with Crippen molar-refractivity contribution < 1.29 is 49.6 Å². The Kier molecular flexibility index (Phi) is 4.61. The molecule has 1 fully saturated rings. The van der Waals surface area contributed by atoms with Crippen LogP contribution in [-0.2, 0) is 19.7 Å². The molecule has 2 N–H and O–H groups in total. The van der Waals surface area contributed by atoms with Crippen LogP contribution in [-0.4, -0.2) is 41.3 Å². The van der Waals surface area contributed by atoms with E-state index in [0.29, 0.717) is 0 Å². The van der Waals surface area contributed by atoms with E-state index < -0.39 is 70.3 Å². The summed E-state index contributed by atoms with van der Waals surface area (Å²) < 4.78 is 96.2. The molecule has 128 valence electrons. The van der Waals surface area contributed by atoms with Crippen molar-refractivity contribution in [1.29, 1.82) is 0 Å². The summed E-state index contributed by atoms with van der Waals surface area (Å²) in [6.45, 7) is 0. The molecule has 1 atom stereocenters. The summed E-state index contributed by atoms with van der Waals surface area (Å²) >= 11 is 0. The van der Waals surface area contributed by atoms with Gasteiger partial charge in [0.1, 0.15) is 5.78 Å². The van der Waals surface area contributed by atoms with Crippen LogP contribution in [0.2, 0.25) is 0 Å². The molecular formula is C10H11F5O6S. The SMILES string of the molecule is O=C1CCC(C(=O)O)(C(C(F)(F)F)C(F)(F)S(=O)(=O)O)CC1. The summed E-state index contributed by atoms with van der Waals surface area (Å²) in [6, 6.07) is 0. The molecule has 0 bridgehead atoms. The van der Waals surface area contributed by atoms with Crippen molar-refractivity contribution in [1.82, 2.24) is 0 Å².